The zero-order valence-corrected chi connectivity index (χ0v) is 15.1. The maximum atomic E-state index is 12.8. The molecule has 136 valence electrons. The van der Waals surface area contributed by atoms with Crippen molar-refractivity contribution in [3.05, 3.63) is 54.1 Å². The fraction of sp³-hybridized carbons (Fsp3) is 0.300. The highest BCUT2D eigenvalue weighted by molar-refractivity contribution is 6.03. The molecule has 0 radical (unpaired) electrons. The Labute approximate surface area is 152 Å². The second-order valence-corrected chi connectivity index (χ2v) is 6.09. The summed E-state index contributed by atoms with van der Waals surface area (Å²) in [6.07, 6.45) is 0. The Balaban J connectivity index is 1.77. The summed E-state index contributed by atoms with van der Waals surface area (Å²) >= 11 is 0. The fourth-order valence-corrected chi connectivity index (χ4v) is 3.08. The number of amides is 2. The third-order valence-corrected chi connectivity index (χ3v) is 4.62. The lowest BCUT2D eigenvalue weighted by Crippen LogP contribution is -2.57. The number of nitrogens with zero attached hydrogens (tertiary/aromatic N) is 2. The molecule has 0 aliphatic carbocycles. The van der Waals surface area contributed by atoms with Gasteiger partial charge in [0.2, 0.25) is 5.91 Å². The first kappa shape index (κ1) is 17.8. The van der Waals surface area contributed by atoms with Crippen molar-refractivity contribution in [2.24, 2.45) is 0 Å². The van der Waals surface area contributed by atoms with Crippen LogP contribution in [0.4, 0.5) is 5.69 Å². The number of ether oxygens (including phenoxy) is 2. The SMILES string of the molecule is COc1ccc(C(=O)N2CCN(c3cccc(OC)c3)C(=O)[C@H]2C)cc1. The highest BCUT2D eigenvalue weighted by atomic mass is 16.5. The predicted octanol–water partition coefficient (Wildman–Crippen LogP) is 2.58. The standard InChI is InChI=1S/C20H22N2O4/c1-14-19(23)22(16-5-4-6-18(13-16)26-3)12-11-21(14)20(24)15-7-9-17(25-2)10-8-15/h4-10,13-14H,11-12H2,1-3H3/t14-/m1/s1. The van der Waals surface area contributed by atoms with E-state index in [2.05, 4.69) is 0 Å². The number of carbonyl (C=O) groups is 2. The van der Waals surface area contributed by atoms with Gasteiger partial charge in [0.15, 0.2) is 0 Å². The Morgan fingerprint density at radius 2 is 1.69 bits per heavy atom. The molecule has 0 spiro atoms. The van der Waals surface area contributed by atoms with Crippen molar-refractivity contribution in [2.75, 3.05) is 32.2 Å². The molecule has 1 heterocycles. The van der Waals surface area contributed by atoms with Crippen molar-refractivity contribution in [1.29, 1.82) is 0 Å². The summed E-state index contributed by atoms with van der Waals surface area (Å²) in [6, 6.07) is 13.8. The molecule has 1 aliphatic rings. The maximum Gasteiger partial charge on any atom is 0.254 e. The molecule has 3 rings (SSSR count). The van der Waals surface area contributed by atoms with E-state index in [0.717, 1.165) is 5.69 Å². The van der Waals surface area contributed by atoms with Gasteiger partial charge in [0.1, 0.15) is 17.5 Å². The Bertz CT molecular complexity index is 804. The van der Waals surface area contributed by atoms with Gasteiger partial charge in [0, 0.05) is 30.4 Å². The number of hydrogen-bond donors (Lipinski definition) is 0. The molecule has 0 aromatic heterocycles. The minimum absolute atomic E-state index is 0.105. The van der Waals surface area contributed by atoms with Crippen LogP contribution in [0.3, 0.4) is 0 Å². The van der Waals surface area contributed by atoms with Crippen LogP contribution in [0.5, 0.6) is 11.5 Å². The molecule has 0 bridgehead atoms. The van der Waals surface area contributed by atoms with Crippen LogP contribution in [0.2, 0.25) is 0 Å². The lowest BCUT2D eigenvalue weighted by Gasteiger charge is -2.39. The average Bonchev–Trinajstić information content (AvgIpc) is 2.69. The predicted molar refractivity (Wildman–Crippen MR) is 98.8 cm³/mol. The van der Waals surface area contributed by atoms with Crippen molar-refractivity contribution < 1.29 is 19.1 Å². The molecule has 26 heavy (non-hydrogen) atoms. The van der Waals surface area contributed by atoms with Gasteiger partial charge >= 0.3 is 0 Å². The van der Waals surface area contributed by atoms with E-state index in [1.54, 1.807) is 55.2 Å². The first-order chi connectivity index (χ1) is 12.5. The Kier molecular flexibility index (Phi) is 5.11. The molecule has 2 aromatic carbocycles. The summed E-state index contributed by atoms with van der Waals surface area (Å²) in [5, 5.41) is 0. The van der Waals surface area contributed by atoms with Crippen LogP contribution in [0.1, 0.15) is 17.3 Å². The molecule has 0 N–H and O–H groups in total. The summed E-state index contributed by atoms with van der Waals surface area (Å²) in [7, 11) is 3.17. The van der Waals surface area contributed by atoms with Gasteiger partial charge in [-0.05, 0) is 43.3 Å². The fourth-order valence-electron chi connectivity index (χ4n) is 3.08. The van der Waals surface area contributed by atoms with Crippen molar-refractivity contribution in [3.63, 3.8) is 0 Å². The monoisotopic (exact) mass is 354 g/mol. The van der Waals surface area contributed by atoms with Crippen molar-refractivity contribution in [1.82, 2.24) is 4.90 Å². The second-order valence-electron chi connectivity index (χ2n) is 6.09. The van der Waals surface area contributed by atoms with Gasteiger partial charge in [0.05, 0.1) is 14.2 Å². The molecule has 1 saturated heterocycles. The topological polar surface area (TPSA) is 59.1 Å². The Hall–Kier alpha value is -3.02. The molecule has 6 heteroatoms. The summed E-state index contributed by atoms with van der Waals surface area (Å²) in [5.74, 6) is 1.12. The lowest BCUT2D eigenvalue weighted by molar-refractivity contribution is -0.124. The van der Waals surface area contributed by atoms with E-state index in [-0.39, 0.29) is 11.8 Å². The van der Waals surface area contributed by atoms with Gasteiger partial charge in [-0.15, -0.1) is 0 Å². The zero-order valence-electron chi connectivity index (χ0n) is 15.1. The quantitative estimate of drug-likeness (QED) is 0.847. The maximum absolute atomic E-state index is 12.8. The molecule has 1 aliphatic heterocycles. The molecule has 1 atom stereocenters. The molecular weight excluding hydrogens is 332 g/mol. The van der Waals surface area contributed by atoms with E-state index >= 15 is 0 Å². The Morgan fingerprint density at radius 3 is 2.35 bits per heavy atom. The molecular formula is C20H22N2O4. The van der Waals surface area contributed by atoms with Crippen LogP contribution in [-0.2, 0) is 4.79 Å². The van der Waals surface area contributed by atoms with E-state index in [9.17, 15) is 9.59 Å². The molecule has 2 amide bonds. The van der Waals surface area contributed by atoms with Crippen molar-refractivity contribution >= 4 is 17.5 Å². The van der Waals surface area contributed by atoms with E-state index in [4.69, 9.17) is 9.47 Å². The van der Waals surface area contributed by atoms with Gasteiger partial charge < -0.3 is 19.3 Å². The van der Waals surface area contributed by atoms with Gasteiger partial charge in [-0.25, -0.2) is 0 Å². The third-order valence-electron chi connectivity index (χ3n) is 4.62. The molecule has 6 nitrogen and oxygen atoms in total. The van der Waals surface area contributed by atoms with E-state index in [1.807, 2.05) is 24.3 Å². The van der Waals surface area contributed by atoms with Crippen LogP contribution < -0.4 is 14.4 Å². The number of methoxy groups -OCH3 is 2. The summed E-state index contributed by atoms with van der Waals surface area (Å²) in [4.78, 5) is 28.9. The molecule has 0 saturated carbocycles. The van der Waals surface area contributed by atoms with E-state index in [1.165, 1.54) is 0 Å². The van der Waals surface area contributed by atoms with Crippen LogP contribution in [0.25, 0.3) is 0 Å². The number of benzene rings is 2. The van der Waals surface area contributed by atoms with Crippen LogP contribution >= 0.6 is 0 Å². The average molecular weight is 354 g/mol. The lowest BCUT2D eigenvalue weighted by atomic mass is 10.1. The largest absolute Gasteiger partial charge is 0.497 e. The number of rotatable bonds is 4. The first-order valence-electron chi connectivity index (χ1n) is 8.45. The summed E-state index contributed by atoms with van der Waals surface area (Å²) in [6.45, 7) is 2.67. The van der Waals surface area contributed by atoms with Crippen LogP contribution in [0.15, 0.2) is 48.5 Å². The number of anilines is 1. The minimum atomic E-state index is -0.537. The summed E-state index contributed by atoms with van der Waals surface area (Å²) < 4.78 is 10.3. The zero-order chi connectivity index (χ0) is 18.7. The third kappa shape index (κ3) is 3.35. The highest BCUT2D eigenvalue weighted by Gasteiger charge is 2.35. The Morgan fingerprint density at radius 1 is 1.00 bits per heavy atom. The highest BCUT2D eigenvalue weighted by Crippen LogP contribution is 2.25. The van der Waals surface area contributed by atoms with Gasteiger partial charge in [-0.3, -0.25) is 9.59 Å². The van der Waals surface area contributed by atoms with Gasteiger partial charge in [0.25, 0.3) is 5.91 Å². The van der Waals surface area contributed by atoms with Crippen molar-refractivity contribution in [2.45, 2.75) is 13.0 Å². The number of carbonyl (C=O) groups excluding carboxylic acids is 2. The van der Waals surface area contributed by atoms with Crippen LogP contribution in [0, 0.1) is 0 Å². The first-order valence-corrected chi connectivity index (χ1v) is 8.45. The molecule has 2 aromatic rings. The molecule has 0 unspecified atom stereocenters. The number of piperazine rings is 1. The second kappa shape index (κ2) is 7.47. The molecule has 1 fully saturated rings. The van der Waals surface area contributed by atoms with Gasteiger partial charge in [-0.1, -0.05) is 6.07 Å². The van der Waals surface area contributed by atoms with E-state index in [0.29, 0.717) is 30.2 Å². The van der Waals surface area contributed by atoms with E-state index < -0.39 is 6.04 Å². The smallest absolute Gasteiger partial charge is 0.254 e. The summed E-state index contributed by atoms with van der Waals surface area (Å²) in [5.41, 5.74) is 1.32. The normalized spacial score (nSPS) is 17.2. The van der Waals surface area contributed by atoms with Crippen LogP contribution in [-0.4, -0.2) is 50.1 Å². The minimum Gasteiger partial charge on any atom is -0.497 e. The van der Waals surface area contributed by atoms with Crippen molar-refractivity contribution in [3.8, 4) is 11.5 Å². The number of hydrogen-bond acceptors (Lipinski definition) is 4. The van der Waals surface area contributed by atoms with Gasteiger partial charge in [-0.2, -0.15) is 0 Å².